The van der Waals surface area contributed by atoms with E-state index in [1.165, 1.54) is 23.2 Å². The number of anilines is 1. The van der Waals surface area contributed by atoms with Gasteiger partial charge in [0.05, 0.1) is 22.8 Å². The van der Waals surface area contributed by atoms with E-state index in [1.54, 1.807) is 12.1 Å². The summed E-state index contributed by atoms with van der Waals surface area (Å²) in [6, 6.07) is 7.62. The van der Waals surface area contributed by atoms with E-state index in [-0.39, 0.29) is 30.3 Å². The molecule has 0 unspecified atom stereocenters. The molecule has 2 heterocycles. The number of carbonyl (C=O) groups excluding carboxylic acids is 2. The maximum absolute atomic E-state index is 13.8. The predicted molar refractivity (Wildman–Crippen MR) is 101 cm³/mol. The van der Waals surface area contributed by atoms with Crippen molar-refractivity contribution in [3.63, 3.8) is 0 Å². The Labute approximate surface area is 166 Å². The first-order valence-corrected chi connectivity index (χ1v) is 9.57. The zero-order chi connectivity index (χ0) is 20.2. The van der Waals surface area contributed by atoms with Gasteiger partial charge in [-0.1, -0.05) is 0 Å². The van der Waals surface area contributed by atoms with Crippen molar-refractivity contribution >= 4 is 17.6 Å². The molecule has 1 fully saturated rings. The summed E-state index contributed by atoms with van der Waals surface area (Å²) in [6.07, 6.45) is 4.35. The summed E-state index contributed by atoms with van der Waals surface area (Å²) < 4.78 is 13.8. The predicted octanol–water partition coefficient (Wildman–Crippen LogP) is 2.73. The van der Waals surface area contributed by atoms with Gasteiger partial charge in [0.1, 0.15) is 18.4 Å². The zero-order valence-electron chi connectivity index (χ0n) is 15.5. The minimum absolute atomic E-state index is 0.107. The molecule has 0 saturated heterocycles. The van der Waals surface area contributed by atoms with E-state index in [2.05, 4.69) is 21.7 Å². The maximum Gasteiger partial charge on any atom is 0.323 e. The Morgan fingerprint density at radius 3 is 3.00 bits per heavy atom. The van der Waals surface area contributed by atoms with Gasteiger partial charge in [0.15, 0.2) is 0 Å². The van der Waals surface area contributed by atoms with Crippen LogP contribution in [-0.2, 0) is 16.8 Å². The van der Waals surface area contributed by atoms with Crippen molar-refractivity contribution in [1.29, 1.82) is 5.26 Å². The molecule has 0 bridgehead atoms. The molecule has 1 aromatic heterocycles. The van der Waals surface area contributed by atoms with E-state index < -0.39 is 5.54 Å². The molecule has 1 saturated carbocycles. The smallest absolute Gasteiger partial charge is 0.323 e. The molecule has 1 atom stereocenters. The summed E-state index contributed by atoms with van der Waals surface area (Å²) in [5.41, 5.74) is 2.96. The van der Waals surface area contributed by atoms with E-state index in [0.29, 0.717) is 30.5 Å². The van der Waals surface area contributed by atoms with Crippen LogP contribution in [0.4, 0.5) is 14.9 Å². The van der Waals surface area contributed by atoms with Crippen LogP contribution in [0.1, 0.15) is 47.7 Å². The standard InChI is InChI=1S/C21H18FN5O2/c22-14-2-4-16-15(8-14)21(5-6-21)27(20(29)26-16)11-18(28)25-17-3-1-13-7-12(9-23)10-24-19(13)17/h2,4,7-8,10,17H,1,3,5-6,11H2,(H,25,28)(H,26,29)/t17-/m0/s1. The van der Waals surface area contributed by atoms with Crippen LogP contribution in [0.25, 0.3) is 0 Å². The van der Waals surface area contributed by atoms with Crippen molar-refractivity contribution in [2.24, 2.45) is 0 Å². The summed E-state index contributed by atoms with van der Waals surface area (Å²) in [4.78, 5) is 31.2. The highest BCUT2D eigenvalue weighted by molar-refractivity contribution is 5.97. The molecular formula is C21H18FN5O2. The van der Waals surface area contributed by atoms with Gasteiger partial charge in [-0.15, -0.1) is 0 Å². The number of halogens is 1. The monoisotopic (exact) mass is 391 g/mol. The van der Waals surface area contributed by atoms with E-state index in [0.717, 1.165) is 23.2 Å². The number of aryl methyl sites for hydroxylation is 1. The fourth-order valence-electron chi connectivity index (χ4n) is 4.47. The van der Waals surface area contributed by atoms with Crippen molar-refractivity contribution in [2.45, 2.75) is 37.3 Å². The Kier molecular flexibility index (Phi) is 3.81. The summed E-state index contributed by atoms with van der Waals surface area (Å²) in [5, 5.41) is 14.7. The lowest BCUT2D eigenvalue weighted by Gasteiger charge is -2.37. The molecule has 1 aromatic carbocycles. The number of hydrogen-bond donors (Lipinski definition) is 2. The maximum atomic E-state index is 13.8. The van der Waals surface area contributed by atoms with E-state index in [1.807, 2.05) is 0 Å². The third-order valence-electron chi connectivity index (χ3n) is 6.01. The van der Waals surface area contributed by atoms with Crippen LogP contribution in [0.15, 0.2) is 30.5 Å². The average molecular weight is 391 g/mol. The molecule has 0 radical (unpaired) electrons. The topological polar surface area (TPSA) is 98.1 Å². The second-order valence-corrected chi connectivity index (χ2v) is 7.78. The second-order valence-electron chi connectivity index (χ2n) is 7.78. The number of hydrogen-bond acceptors (Lipinski definition) is 4. The van der Waals surface area contributed by atoms with Crippen LogP contribution in [0.2, 0.25) is 0 Å². The van der Waals surface area contributed by atoms with Gasteiger partial charge in [0.25, 0.3) is 0 Å². The number of amides is 3. The molecule has 7 nitrogen and oxygen atoms in total. The lowest BCUT2D eigenvalue weighted by atomic mass is 9.98. The molecule has 1 spiro atoms. The number of aromatic nitrogens is 1. The summed E-state index contributed by atoms with van der Waals surface area (Å²) in [7, 11) is 0. The number of rotatable bonds is 3. The average Bonchev–Trinajstić information content (AvgIpc) is 3.41. The lowest BCUT2D eigenvalue weighted by molar-refractivity contribution is -0.123. The number of fused-ring (bicyclic) bond motifs is 3. The van der Waals surface area contributed by atoms with Crippen LogP contribution in [0.5, 0.6) is 0 Å². The molecule has 3 aliphatic rings. The van der Waals surface area contributed by atoms with Gasteiger partial charge in [-0.2, -0.15) is 5.26 Å². The number of pyridine rings is 1. The second kappa shape index (κ2) is 6.27. The van der Waals surface area contributed by atoms with E-state index >= 15 is 0 Å². The third-order valence-corrected chi connectivity index (χ3v) is 6.01. The Morgan fingerprint density at radius 2 is 2.24 bits per heavy atom. The van der Waals surface area contributed by atoms with Crippen LogP contribution < -0.4 is 10.6 Å². The van der Waals surface area contributed by atoms with Crippen LogP contribution in [0.3, 0.4) is 0 Å². The van der Waals surface area contributed by atoms with Crippen molar-refractivity contribution in [1.82, 2.24) is 15.2 Å². The summed E-state index contributed by atoms with van der Waals surface area (Å²) in [6.45, 7) is -0.107. The highest BCUT2D eigenvalue weighted by Crippen LogP contribution is 2.55. The van der Waals surface area contributed by atoms with Crippen LogP contribution >= 0.6 is 0 Å². The quantitative estimate of drug-likeness (QED) is 0.841. The lowest BCUT2D eigenvalue weighted by Crippen LogP contribution is -2.51. The zero-order valence-corrected chi connectivity index (χ0v) is 15.5. The Bertz CT molecular complexity index is 1090. The number of nitriles is 1. The fraction of sp³-hybridized carbons (Fsp3) is 0.333. The molecule has 2 aliphatic carbocycles. The van der Waals surface area contributed by atoms with Crippen LogP contribution in [-0.4, -0.2) is 28.4 Å². The molecule has 29 heavy (non-hydrogen) atoms. The van der Waals surface area contributed by atoms with Gasteiger partial charge >= 0.3 is 6.03 Å². The molecular weight excluding hydrogens is 373 g/mol. The van der Waals surface area contributed by atoms with Gasteiger partial charge in [-0.05, 0) is 55.5 Å². The number of nitrogens with zero attached hydrogens (tertiary/aromatic N) is 3. The minimum atomic E-state index is -0.607. The molecule has 2 aromatic rings. The van der Waals surface area contributed by atoms with E-state index in [9.17, 15) is 14.0 Å². The molecule has 5 rings (SSSR count). The van der Waals surface area contributed by atoms with Gasteiger partial charge in [0, 0.05) is 17.4 Å². The van der Waals surface area contributed by atoms with Crippen LogP contribution in [0, 0.1) is 17.1 Å². The van der Waals surface area contributed by atoms with Crippen molar-refractivity contribution in [2.75, 3.05) is 11.9 Å². The first-order chi connectivity index (χ1) is 14.0. The number of benzene rings is 1. The number of urea groups is 1. The van der Waals surface area contributed by atoms with Gasteiger partial charge in [-0.3, -0.25) is 9.78 Å². The van der Waals surface area contributed by atoms with E-state index in [4.69, 9.17) is 5.26 Å². The van der Waals surface area contributed by atoms with Gasteiger partial charge in [0.2, 0.25) is 5.91 Å². The summed E-state index contributed by atoms with van der Waals surface area (Å²) in [5.74, 6) is -0.642. The molecule has 3 amide bonds. The number of nitrogens with one attached hydrogen (secondary N) is 2. The molecule has 146 valence electrons. The Balaban J connectivity index is 1.34. The highest BCUT2D eigenvalue weighted by atomic mass is 19.1. The Hall–Kier alpha value is -3.47. The van der Waals surface area contributed by atoms with Gasteiger partial charge < -0.3 is 15.5 Å². The summed E-state index contributed by atoms with van der Waals surface area (Å²) >= 11 is 0. The molecule has 1 aliphatic heterocycles. The molecule has 8 heteroatoms. The highest BCUT2D eigenvalue weighted by Gasteiger charge is 2.55. The first kappa shape index (κ1) is 17.6. The first-order valence-electron chi connectivity index (χ1n) is 9.57. The SMILES string of the molecule is N#Cc1cnc2c(c1)CC[C@@H]2NC(=O)CN1C(=O)Nc2ccc(F)cc2C12CC2. The third kappa shape index (κ3) is 2.81. The van der Waals surface area contributed by atoms with Crippen molar-refractivity contribution < 1.29 is 14.0 Å². The minimum Gasteiger partial charge on any atom is -0.346 e. The van der Waals surface area contributed by atoms with Crippen molar-refractivity contribution in [3.05, 3.63) is 58.7 Å². The number of carbonyl (C=O) groups is 2. The molecule has 2 N–H and O–H groups in total. The largest absolute Gasteiger partial charge is 0.346 e. The van der Waals surface area contributed by atoms with Gasteiger partial charge in [-0.25, -0.2) is 9.18 Å². The fourth-order valence-corrected chi connectivity index (χ4v) is 4.47. The van der Waals surface area contributed by atoms with Crippen molar-refractivity contribution in [3.8, 4) is 6.07 Å². The Morgan fingerprint density at radius 1 is 1.41 bits per heavy atom. The normalized spacial score (nSPS) is 20.5.